The SMILES string of the molecule is COc1ccc(Cl)c(NCc2ccc([Si](C)(C)C)cc2)c1. The van der Waals surface area contributed by atoms with Crippen LogP contribution in [0.15, 0.2) is 42.5 Å². The van der Waals surface area contributed by atoms with Gasteiger partial charge in [-0.05, 0) is 17.7 Å². The second-order valence-corrected chi connectivity index (χ2v) is 11.6. The summed E-state index contributed by atoms with van der Waals surface area (Å²) in [6.45, 7) is 7.82. The minimum atomic E-state index is -1.22. The summed E-state index contributed by atoms with van der Waals surface area (Å²) >= 11 is 6.19. The Labute approximate surface area is 133 Å². The number of methoxy groups -OCH3 is 1. The fourth-order valence-electron chi connectivity index (χ4n) is 2.09. The molecule has 0 radical (unpaired) electrons. The van der Waals surface area contributed by atoms with E-state index < -0.39 is 8.07 Å². The molecule has 0 atom stereocenters. The minimum absolute atomic E-state index is 0.703. The summed E-state index contributed by atoms with van der Waals surface area (Å²) in [6, 6.07) is 14.5. The lowest BCUT2D eigenvalue weighted by atomic mass is 10.2. The van der Waals surface area contributed by atoms with Crippen molar-refractivity contribution in [3.63, 3.8) is 0 Å². The minimum Gasteiger partial charge on any atom is -0.497 e. The number of nitrogens with one attached hydrogen (secondary N) is 1. The predicted octanol–water partition coefficient (Wildman–Crippen LogP) is 4.51. The van der Waals surface area contributed by atoms with Crippen molar-refractivity contribution in [3.8, 4) is 5.75 Å². The molecule has 2 aromatic rings. The molecule has 0 heterocycles. The zero-order chi connectivity index (χ0) is 15.5. The van der Waals surface area contributed by atoms with E-state index in [-0.39, 0.29) is 0 Å². The van der Waals surface area contributed by atoms with Crippen molar-refractivity contribution >= 4 is 30.5 Å². The predicted molar refractivity (Wildman–Crippen MR) is 94.8 cm³/mol. The van der Waals surface area contributed by atoms with Crippen LogP contribution >= 0.6 is 11.6 Å². The smallest absolute Gasteiger partial charge is 0.121 e. The lowest BCUT2D eigenvalue weighted by Crippen LogP contribution is -2.37. The maximum Gasteiger partial charge on any atom is 0.121 e. The monoisotopic (exact) mass is 319 g/mol. The first kappa shape index (κ1) is 15.9. The van der Waals surface area contributed by atoms with E-state index in [9.17, 15) is 0 Å². The van der Waals surface area contributed by atoms with Crippen LogP contribution in [0.2, 0.25) is 24.7 Å². The van der Waals surface area contributed by atoms with Crippen molar-refractivity contribution < 1.29 is 4.74 Å². The van der Waals surface area contributed by atoms with E-state index in [1.165, 1.54) is 10.8 Å². The highest BCUT2D eigenvalue weighted by atomic mass is 35.5. The van der Waals surface area contributed by atoms with Gasteiger partial charge in [0.05, 0.1) is 25.9 Å². The molecule has 0 saturated carbocycles. The average Bonchev–Trinajstić information content (AvgIpc) is 2.46. The number of hydrogen-bond acceptors (Lipinski definition) is 2. The molecule has 0 fully saturated rings. The van der Waals surface area contributed by atoms with E-state index in [2.05, 4.69) is 49.2 Å². The van der Waals surface area contributed by atoms with E-state index in [0.717, 1.165) is 18.0 Å². The summed E-state index contributed by atoms with van der Waals surface area (Å²) < 4.78 is 5.22. The Kier molecular flexibility index (Phi) is 4.96. The maximum atomic E-state index is 6.19. The van der Waals surface area contributed by atoms with Gasteiger partial charge in [-0.2, -0.15) is 0 Å². The van der Waals surface area contributed by atoms with Gasteiger partial charge >= 0.3 is 0 Å². The van der Waals surface area contributed by atoms with Crippen LogP contribution in [-0.4, -0.2) is 15.2 Å². The van der Waals surface area contributed by atoms with Gasteiger partial charge < -0.3 is 10.1 Å². The molecule has 0 bridgehead atoms. The van der Waals surface area contributed by atoms with E-state index in [1.54, 1.807) is 7.11 Å². The highest BCUT2D eigenvalue weighted by molar-refractivity contribution is 6.88. The van der Waals surface area contributed by atoms with Gasteiger partial charge in [0.25, 0.3) is 0 Å². The number of hydrogen-bond donors (Lipinski definition) is 1. The molecule has 4 heteroatoms. The van der Waals surface area contributed by atoms with Gasteiger partial charge in [0.2, 0.25) is 0 Å². The third-order valence-electron chi connectivity index (χ3n) is 3.48. The Bertz CT molecular complexity index is 605. The topological polar surface area (TPSA) is 21.3 Å². The van der Waals surface area contributed by atoms with E-state index >= 15 is 0 Å². The second-order valence-electron chi connectivity index (χ2n) is 6.15. The molecule has 0 aliphatic heterocycles. The molecule has 0 unspecified atom stereocenters. The highest BCUT2D eigenvalue weighted by Gasteiger charge is 2.15. The number of anilines is 1. The summed E-state index contributed by atoms with van der Waals surface area (Å²) in [5.74, 6) is 0.802. The molecule has 2 aromatic carbocycles. The van der Waals surface area contributed by atoms with Gasteiger partial charge in [0, 0.05) is 12.6 Å². The van der Waals surface area contributed by atoms with Crippen LogP contribution in [0.4, 0.5) is 5.69 Å². The molecule has 0 spiro atoms. The van der Waals surface area contributed by atoms with Crippen LogP contribution < -0.4 is 15.2 Å². The van der Waals surface area contributed by atoms with Crippen molar-refractivity contribution in [2.45, 2.75) is 26.2 Å². The summed E-state index contributed by atoms with van der Waals surface area (Å²) in [7, 11) is 0.432. The number of rotatable bonds is 5. The molecule has 0 amide bonds. The van der Waals surface area contributed by atoms with Gasteiger partial charge in [-0.15, -0.1) is 0 Å². The molecule has 2 rings (SSSR count). The molecule has 0 saturated heterocycles. The molecule has 2 nitrogen and oxygen atoms in total. The first-order valence-electron chi connectivity index (χ1n) is 7.07. The third-order valence-corrected chi connectivity index (χ3v) is 5.87. The van der Waals surface area contributed by atoms with Gasteiger partial charge in [0.1, 0.15) is 5.75 Å². The molecule has 0 aromatic heterocycles. The van der Waals surface area contributed by atoms with Crippen molar-refractivity contribution in [3.05, 3.63) is 53.1 Å². The number of benzene rings is 2. The molecular weight excluding hydrogens is 298 g/mol. The van der Waals surface area contributed by atoms with Crippen LogP contribution in [0.25, 0.3) is 0 Å². The number of halogens is 1. The average molecular weight is 320 g/mol. The Morgan fingerprint density at radius 2 is 1.71 bits per heavy atom. The van der Waals surface area contributed by atoms with Gasteiger partial charge in [-0.3, -0.25) is 0 Å². The zero-order valence-electron chi connectivity index (χ0n) is 13.0. The normalized spacial score (nSPS) is 11.3. The molecule has 21 heavy (non-hydrogen) atoms. The summed E-state index contributed by atoms with van der Waals surface area (Å²) in [6.07, 6.45) is 0. The van der Waals surface area contributed by atoms with Gasteiger partial charge in [-0.25, -0.2) is 0 Å². The van der Waals surface area contributed by atoms with Crippen LogP contribution in [0, 0.1) is 0 Å². The first-order valence-corrected chi connectivity index (χ1v) is 10.9. The van der Waals surface area contributed by atoms with Crippen LogP contribution in [0.1, 0.15) is 5.56 Å². The van der Waals surface area contributed by atoms with Crippen LogP contribution in [-0.2, 0) is 6.54 Å². The van der Waals surface area contributed by atoms with E-state index in [4.69, 9.17) is 16.3 Å². The van der Waals surface area contributed by atoms with Crippen molar-refractivity contribution in [2.75, 3.05) is 12.4 Å². The van der Waals surface area contributed by atoms with Gasteiger partial charge in [-0.1, -0.05) is 60.7 Å². The molecule has 112 valence electrons. The molecule has 0 aliphatic rings. The Morgan fingerprint density at radius 3 is 2.29 bits per heavy atom. The zero-order valence-corrected chi connectivity index (χ0v) is 14.8. The van der Waals surface area contributed by atoms with E-state index in [1.807, 2.05) is 18.2 Å². The van der Waals surface area contributed by atoms with Crippen LogP contribution in [0.5, 0.6) is 5.75 Å². The van der Waals surface area contributed by atoms with Crippen molar-refractivity contribution in [1.82, 2.24) is 0 Å². The Balaban J connectivity index is 2.06. The fraction of sp³-hybridized carbons (Fsp3) is 0.294. The lowest BCUT2D eigenvalue weighted by molar-refractivity contribution is 0.415. The fourth-order valence-corrected chi connectivity index (χ4v) is 3.44. The molecule has 0 aliphatic carbocycles. The quantitative estimate of drug-likeness (QED) is 0.819. The summed E-state index contributed by atoms with van der Waals surface area (Å²) in [5.41, 5.74) is 2.14. The second kappa shape index (κ2) is 6.54. The lowest BCUT2D eigenvalue weighted by Gasteiger charge is -2.17. The summed E-state index contributed by atoms with van der Waals surface area (Å²) in [5, 5.41) is 5.54. The molecule has 1 N–H and O–H groups in total. The first-order chi connectivity index (χ1) is 9.90. The maximum absolute atomic E-state index is 6.19. The highest BCUT2D eigenvalue weighted by Crippen LogP contribution is 2.27. The third kappa shape index (κ3) is 4.25. The Hall–Kier alpha value is -1.45. The van der Waals surface area contributed by atoms with Crippen molar-refractivity contribution in [2.24, 2.45) is 0 Å². The van der Waals surface area contributed by atoms with Gasteiger partial charge in [0.15, 0.2) is 0 Å². The summed E-state index contributed by atoms with van der Waals surface area (Å²) in [4.78, 5) is 0. The van der Waals surface area contributed by atoms with E-state index in [0.29, 0.717) is 5.02 Å². The number of ether oxygens (including phenoxy) is 1. The standard InChI is InChI=1S/C17H22ClNOSi/c1-20-14-7-10-16(18)17(11-14)19-12-13-5-8-15(9-6-13)21(2,3)4/h5-11,19H,12H2,1-4H3. The van der Waals surface area contributed by atoms with Crippen LogP contribution in [0.3, 0.4) is 0 Å². The largest absolute Gasteiger partial charge is 0.497 e. The molecular formula is C17H22ClNOSi. The van der Waals surface area contributed by atoms with Crippen molar-refractivity contribution in [1.29, 1.82) is 0 Å². The Morgan fingerprint density at radius 1 is 1.05 bits per heavy atom.